The topological polar surface area (TPSA) is 90.7 Å². The Morgan fingerprint density at radius 3 is 1.82 bits per heavy atom. The Bertz CT molecular complexity index is 3290. The van der Waals surface area contributed by atoms with Crippen molar-refractivity contribution in [2.75, 3.05) is 0 Å². The maximum absolute atomic E-state index is 10.3. The van der Waals surface area contributed by atoms with E-state index in [2.05, 4.69) is 17.1 Å². The molecule has 0 unspecified atom stereocenters. The fourth-order valence-corrected chi connectivity index (χ4v) is 7.23. The molecule has 6 nitrogen and oxygen atoms in total. The lowest BCUT2D eigenvalue weighted by Crippen LogP contribution is -2.00. The zero-order chi connectivity index (χ0) is 36.1. The lowest BCUT2D eigenvalue weighted by atomic mass is 9.88. The Labute approximate surface area is 285 Å². The standard InChI is InChI=1S/C43H22N6/c44-22-37-29-11-3-6-14-32(29)39(33-15-7-4-12-30(33)37)26-19-17-25(18-20-26)35-21-36-40(34-16-8-5-13-31(34)35)47-38(23-45)49-42(36)48-41-28-10-2-1-9-27(28)24-46-43(41)49/h1-21,24H/i17D,18D,19D,20D. The van der Waals surface area contributed by atoms with Crippen molar-refractivity contribution in [2.45, 2.75) is 0 Å². The van der Waals surface area contributed by atoms with Crippen LogP contribution in [0.4, 0.5) is 0 Å². The summed E-state index contributed by atoms with van der Waals surface area (Å²) < 4.78 is 39.6. The summed E-state index contributed by atoms with van der Waals surface area (Å²) >= 11 is 0. The zero-order valence-electron chi connectivity index (χ0n) is 29.6. The van der Waals surface area contributed by atoms with Crippen LogP contribution in [0.3, 0.4) is 0 Å². The van der Waals surface area contributed by atoms with Crippen molar-refractivity contribution in [1.82, 2.24) is 19.4 Å². The Kier molecular flexibility index (Phi) is 4.82. The molecule has 0 aliphatic heterocycles. The SMILES string of the molecule is [2H]c1c([2H])c(-c2cc3c(nc(C#N)n4c3nc3c5ccccc5cnc34)c3ccccc23)c([2H])c([2H])c1-c1c2ccccc2c(C#N)c2ccccc12. The highest BCUT2D eigenvalue weighted by atomic mass is 15.1. The molecule has 0 aliphatic carbocycles. The fourth-order valence-electron chi connectivity index (χ4n) is 7.23. The van der Waals surface area contributed by atoms with Gasteiger partial charge in [0.1, 0.15) is 17.7 Å². The van der Waals surface area contributed by atoms with Gasteiger partial charge in [0.25, 0.3) is 0 Å². The molecular formula is C43H22N6. The van der Waals surface area contributed by atoms with Crippen LogP contribution in [-0.2, 0) is 0 Å². The van der Waals surface area contributed by atoms with Crippen LogP contribution in [-0.4, -0.2) is 19.4 Å². The second-order valence-corrected chi connectivity index (χ2v) is 11.9. The van der Waals surface area contributed by atoms with Gasteiger partial charge in [0.15, 0.2) is 11.3 Å². The number of imidazole rings is 1. The second-order valence-electron chi connectivity index (χ2n) is 11.9. The maximum Gasteiger partial charge on any atom is 0.220 e. The molecule has 49 heavy (non-hydrogen) atoms. The molecule has 0 fully saturated rings. The third-order valence-corrected chi connectivity index (χ3v) is 9.37. The molecule has 0 N–H and O–H groups in total. The van der Waals surface area contributed by atoms with Gasteiger partial charge in [-0.3, -0.25) is 4.40 Å². The minimum atomic E-state index is -0.207. The molecule has 7 aromatic carbocycles. The molecule has 0 saturated heterocycles. The molecule has 0 saturated carbocycles. The number of hydrogen-bond donors (Lipinski definition) is 0. The van der Waals surface area contributed by atoms with Crippen LogP contribution in [0.2, 0.25) is 0 Å². The van der Waals surface area contributed by atoms with Gasteiger partial charge in [-0.25, -0.2) is 15.0 Å². The molecule has 0 atom stereocenters. The van der Waals surface area contributed by atoms with E-state index in [1.54, 1.807) is 10.6 Å². The Morgan fingerprint density at radius 2 is 1.14 bits per heavy atom. The summed E-state index contributed by atoms with van der Waals surface area (Å²) in [7, 11) is 0. The van der Waals surface area contributed by atoms with E-state index in [0.29, 0.717) is 76.7 Å². The predicted octanol–water partition coefficient (Wildman–Crippen LogP) is 10.1. The summed E-state index contributed by atoms with van der Waals surface area (Å²) in [6, 6.07) is 35.6. The van der Waals surface area contributed by atoms with Crippen molar-refractivity contribution in [3.8, 4) is 34.4 Å². The minimum absolute atomic E-state index is 0.117. The predicted molar refractivity (Wildman–Crippen MR) is 196 cm³/mol. The Hall–Kier alpha value is -7.15. The van der Waals surface area contributed by atoms with Crippen LogP contribution in [0.5, 0.6) is 0 Å². The summed E-state index contributed by atoms with van der Waals surface area (Å²) in [5.74, 6) is 0.117. The van der Waals surface area contributed by atoms with E-state index in [-0.39, 0.29) is 41.1 Å². The number of benzene rings is 7. The smallest absolute Gasteiger partial charge is 0.220 e. The molecule has 3 heterocycles. The number of fused-ring (bicyclic) bond motifs is 11. The Balaban J connectivity index is 1.33. The van der Waals surface area contributed by atoms with Gasteiger partial charge in [0.2, 0.25) is 5.82 Å². The van der Waals surface area contributed by atoms with Crippen LogP contribution >= 0.6 is 0 Å². The van der Waals surface area contributed by atoms with Gasteiger partial charge in [-0.1, -0.05) is 121 Å². The van der Waals surface area contributed by atoms with Crippen LogP contribution in [0.1, 0.15) is 16.9 Å². The third kappa shape index (κ3) is 3.77. The van der Waals surface area contributed by atoms with E-state index >= 15 is 0 Å². The monoisotopic (exact) mass is 626 g/mol. The highest BCUT2D eigenvalue weighted by Crippen LogP contribution is 2.41. The van der Waals surface area contributed by atoms with Crippen molar-refractivity contribution >= 4 is 70.8 Å². The molecule has 10 aromatic rings. The molecule has 0 aliphatic rings. The van der Waals surface area contributed by atoms with Crippen molar-refractivity contribution in [1.29, 1.82) is 10.5 Å². The molecule has 0 radical (unpaired) electrons. The summed E-state index contributed by atoms with van der Waals surface area (Å²) in [4.78, 5) is 14.6. The minimum Gasteiger partial charge on any atom is -0.251 e. The fraction of sp³-hybridized carbons (Fsp3) is 0. The van der Waals surface area contributed by atoms with E-state index < -0.39 is 0 Å². The highest BCUT2D eigenvalue weighted by molar-refractivity contribution is 6.18. The molecule has 0 bridgehead atoms. The van der Waals surface area contributed by atoms with Crippen molar-refractivity contribution in [2.24, 2.45) is 0 Å². The number of hydrogen-bond acceptors (Lipinski definition) is 5. The molecule has 10 rings (SSSR count). The second kappa shape index (κ2) is 10.2. The molecule has 0 spiro atoms. The highest BCUT2D eigenvalue weighted by Gasteiger charge is 2.20. The Morgan fingerprint density at radius 1 is 0.551 bits per heavy atom. The molecule has 0 amide bonds. The average molecular weight is 627 g/mol. The third-order valence-electron chi connectivity index (χ3n) is 9.37. The van der Waals surface area contributed by atoms with Crippen LogP contribution in [0.15, 0.2) is 133 Å². The number of nitriles is 2. The number of rotatable bonds is 2. The summed E-state index contributed by atoms with van der Waals surface area (Å²) in [6.07, 6.45) is 1.75. The van der Waals surface area contributed by atoms with E-state index in [1.807, 2.05) is 103 Å². The van der Waals surface area contributed by atoms with Gasteiger partial charge in [-0.15, -0.1) is 0 Å². The summed E-state index contributed by atoms with van der Waals surface area (Å²) in [6.45, 7) is 0. The first-order valence-corrected chi connectivity index (χ1v) is 15.7. The lowest BCUT2D eigenvalue weighted by molar-refractivity contribution is 1.08. The molecule has 224 valence electrons. The molecule has 3 aromatic heterocycles. The summed E-state index contributed by atoms with van der Waals surface area (Å²) in [5.41, 5.74) is 3.86. The van der Waals surface area contributed by atoms with Crippen molar-refractivity contribution < 1.29 is 5.48 Å². The molecule has 6 heteroatoms. The van der Waals surface area contributed by atoms with Crippen LogP contribution < -0.4 is 0 Å². The zero-order valence-corrected chi connectivity index (χ0v) is 25.6. The van der Waals surface area contributed by atoms with Gasteiger partial charge >= 0.3 is 0 Å². The van der Waals surface area contributed by atoms with Gasteiger partial charge in [0, 0.05) is 38.5 Å². The van der Waals surface area contributed by atoms with E-state index in [1.165, 1.54) is 0 Å². The van der Waals surface area contributed by atoms with Crippen LogP contribution in [0.25, 0.3) is 93.1 Å². The van der Waals surface area contributed by atoms with Gasteiger partial charge in [-0.2, -0.15) is 10.5 Å². The van der Waals surface area contributed by atoms with E-state index in [0.717, 1.165) is 10.8 Å². The van der Waals surface area contributed by atoms with Crippen LogP contribution in [0, 0.1) is 22.7 Å². The van der Waals surface area contributed by atoms with Gasteiger partial charge < -0.3 is 0 Å². The molecular weight excluding hydrogens is 601 g/mol. The van der Waals surface area contributed by atoms with Gasteiger partial charge in [0.05, 0.1) is 16.6 Å². The van der Waals surface area contributed by atoms with E-state index in [9.17, 15) is 16.0 Å². The van der Waals surface area contributed by atoms with E-state index in [4.69, 9.17) is 9.97 Å². The van der Waals surface area contributed by atoms with Crippen molar-refractivity contribution in [3.63, 3.8) is 0 Å². The maximum atomic E-state index is 10.3. The number of pyridine rings is 1. The average Bonchev–Trinajstić information content (AvgIpc) is 3.60. The lowest BCUT2D eigenvalue weighted by Gasteiger charge is -2.15. The summed E-state index contributed by atoms with van der Waals surface area (Å²) in [5, 5.41) is 26.9. The van der Waals surface area contributed by atoms with Gasteiger partial charge in [-0.05, 0) is 44.5 Å². The normalized spacial score (nSPS) is 12.8. The number of nitrogens with zero attached hydrogens (tertiary/aromatic N) is 6. The first-order chi connectivity index (χ1) is 25.9. The largest absolute Gasteiger partial charge is 0.251 e. The first kappa shape index (κ1) is 23.2. The van der Waals surface area contributed by atoms with Crippen molar-refractivity contribution in [3.05, 3.63) is 145 Å². The first-order valence-electron chi connectivity index (χ1n) is 17.7. The quantitative estimate of drug-likeness (QED) is 0.141. The number of aromatic nitrogens is 4.